The van der Waals surface area contributed by atoms with Crippen molar-refractivity contribution in [2.24, 2.45) is 28.6 Å². The number of carbonyl (C=O) groups is 1. The SMILES string of the molecule is O=C(OCCOc1ccc(-n2nc3ccccc3n2)c(O)c1)C12CC3CC4CC(C1)C43C2. The van der Waals surface area contributed by atoms with Crippen molar-refractivity contribution in [1.82, 2.24) is 15.0 Å². The van der Waals surface area contributed by atoms with Crippen molar-refractivity contribution in [3.63, 3.8) is 0 Å². The molecule has 1 N–H and O–H groups in total. The van der Waals surface area contributed by atoms with Crippen LogP contribution in [0, 0.1) is 28.6 Å². The van der Waals surface area contributed by atoms with Crippen LogP contribution in [0.2, 0.25) is 0 Å². The monoisotopic (exact) mass is 431 g/mol. The normalized spacial score (nSPS) is 33.4. The van der Waals surface area contributed by atoms with Crippen LogP contribution < -0.4 is 4.74 Å². The molecule has 7 heteroatoms. The number of esters is 1. The zero-order valence-electron chi connectivity index (χ0n) is 17.7. The number of hydrogen-bond acceptors (Lipinski definition) is 6. The van der Waals surface area contributed by atoms with Crippen LogP contribution in [0.1, 0.15) is 32.1 Å². The molecule has 7 nitrogen and oxygen atoms in total. The maximum atomic E-state index is 12.9. The summed E-state index contributed by atoms with van der Waals surface area (Å²) in [5, 5.41) is 19.2. The van der Waals surface area contributed by atoms with Crippen molar-refractivity contribution in [3.05, 3.63) is 42.5 Å². The summed E-state index contributed by atoms with van der Waals surface area (Å²) in [4.78, 5) is 14.3. The molecule has 32 heavy (non-hydrogen) atoms. The summed E-state index contributed by atoms with van der Waals surface area (Å²) in [6, 6.07) is 12.5. The van der Waals surface area contributed by atoms with Crippen molar-refractivity contribution >= 4 is 17.0 Å². The largest absolute Gasteiger partial charge is 0.505 e. The molecule has 4 fully saturated rings. The van der Waals surface area contributed by atoms with Gasteiger partial charge in [0.15, 0.2) is 0 Å². The standard InChI is InChI=1S/C25H25N3O4/c29-22-11-18(5-6-21(22)28-26-19-3-1-2-4-20(19)27-28)31-7-8-32-23(30)24-12-16-9-15-10-17(13-24)25(15,16)14-24/h1-6,11,15-17,29H,7-10,12-14H2. The Kier molecular flexibility index (Phi) is 3.60. The van der Waals surface area contributed by atoms with Crippen LogP contribution in [-0.4, -0.2) is 39.3 Å². The molecule has 4 aliphatic rings. The molecule has 7 rings (SSSR count). The van der Waals surface area contributed by atoms with E-state index in [1.54, 1.807) is 12.1 Å². The number of fused-ring (bicyclic) bond motifs is 2. The number of carbonyl (C=O) groups excluding carboxylic acids is 1. The minimum atomic E-state index is -0.221. The van der Waals surface area contributed by atoms with E-state index in [0.717, 1.165) is 48.0 Å². The van der Waals surface area contributed by atoms with Gasteiger partial charge in [-0.2, -0.15) is 0 Å². The van der Waals surface area contributed by atoms with Crippen LogP contribution in [-0.2, 0) is 9.53 Å². The van der Waals surface area contributed by atoms with Crippen molar-refractivity contribution in [3.8, 4) is 17.2 Å². The lowest BCUT2D eigenvalue weighted by Gasteiger charge is -2.66. The number of hydrogen-bond donors (Lipinski definition) is 1. The highest BCUT2D eigenvalue weighted by atomic mass is 16.6. The maximum Gasteiger partial charge on any atom is 0.312 e. The number of benzene rings is 2. The highest BCUT2D eigenvalue weighted by molar-refractivity contribution is 5.79. The fourth-order valence-corrected chi connectivity index (χ4v) is 7.49. The summed E-state index contributed by atoms with van der Waals surface area (Å²) < 4.78 is 11.4. The van der Waals surface area contributed by atoms with Gasteiger partial charge in [0.25, 0.3) is 0 Å². The van der Waals surface area contributed by atoms with Gasteiger partial charge in [-0.1, -0.05) is 12.1 Å². The Labute approximate surface area is 185 Å². The Morgan fingerprint density at radius 1 is 1.03 bits per heavy atom. The van der Waals surface area contributed by atoms with Crippen LogP contribution in [0.3, 0.4) is 0 Å². The highest BCUT2D eigenvalue weighted by Gasteiger charge is 2.79. The third kappa shape index (κ3) is 2.34. The van der Waals surface area contributed by atoms with Crippen LogP contribution in [0.4, 0.5) is 0 Å². The zero-order chi connectivity index (χ0) is 21.5. The molecule has 2 aromatic carbocycles. The molecule has 4 saturated carbocycles. The molecule has 0 saturated heterocycles. The molecular formula is C25H25N3O4. The Bertz CT molecular complexity index is 1200. The molecule has 1 spiro atoms. The number of rotatable bonds is 6. The van der Waals surface area contributed by atoms with Crippen LogP contribution in [0.25, 0.3) is 16.7 Å². The van der Waals surface area contributed by atoms with Gasteiger partial charge in [0.05, 0.1) is 5.41 Å². The van der Waals surface area contributed by atoms with Gasteiger partial charge in [-0.3, -0.25) is 4.79 Å². The third-order valence-corrected chi connectivity index (χ3v) is 8.80. The fourth-order valence-electron chi connectivity index (χ4n) is 7.49. The van der Waals surface area contributed by atoms with Gasteiger partial charge in [-0.05, 0) is 79.5 Å². The van der Waals surface area contributed by atoms with Gasteiger partial charge in [0.2, 0.25) is 0 Å². The fraction of sp³-hybridized carbons (Fsp3) is 0.480. The quantitative estimate of drug-likeness (QED) is 0.471. The first-order chi connectivity index (χ1) is 15.6. The number of phenolic OH excluding ortho intramolecular Hbond substituents is 1. The molecule has 4 aliphatic carbocycles. The van der Waals surface area contributed by atoms with E-state index in [9.17, 15) is 9.90 Å². The summed E-state index contributed by atoms with van der Waals surface area (Å²) in [7, 11) is 0. The number of phenols is 1. The van der Waals surface area contributed by atoms with Crippen LogP contribution >= 0.6 is 0 Å². The molecule has 0 amide bonds. The highest BCUT2D eigenvalue weighted by Crippen LogP contribution is 2.84. The van der Waals surface area contributed by atoms with Gasteiger partial charge >= 0.3 is 5.97 Å². The van der Waals surface area contributed by atoms with E-state index in [4.69, 9.17) is 9.47 Å². The minimum absolute atomic E-state index is 0.0203. The predicted molar refractivity (Wildman–Crippen MR) is 115 cm³/mol. The summed E-state index contributed by atoms with van der Waals surface area (Å²) in [5.74, 6) is 2.95. The maximum absolute atomic E-state index is 12.9. The average Bonchev–Trinajstić information content (AvgIpc) is 3.42. The predicted octanol–water partition coefficient (Wildman–Crippen LogP) is 3.87. The second-order valence-corrected chi connectivity index (χ2v) is 10.2. The van der Waals surface area contributed by atoms with Crippen LogP contribution in [0.5, 0.6) is 11.5 Å². The van der Waals surface area contributed by atoms with Gasteiger partial charge in [0, 0.05) is 6.07 Å². The molecule has 2 atom stereocenters. The first-order valence-electron chi connectivity index (χ1n) is 11.5. The van der Waals surface area contributed by atoms with E-state index >= 15 is 0 Å². The molecule has 1 aromatic heterocycles. The molecular weight excluding hydrogens is 406 g/mol. The van der Waals surface area contributed by atoms with Gasteiger partial charge in [-0.15, -0.1) is 15.0 Å². The molecule has 2 unspecified atom stereocenters. The Hall–Kier alpha value is -3.09. The van der Waals surface area contributed by atoms with Crippen molar-refractivity contribution < 1.29 is 19.4 Å². The first-order valence-corrected chi connectivity index (χ1v) is 11.5. The second-order valence-electron chi connectivity index (χ2n) is 10.2. The van der Waals surface area contributed by atoms with Crippen molar-refractivity contribution in [1.29, 1.82) is 0 Å². The van der Waals surface area contributed by atoms with E-state index in [1.807, 2.05) is 24.3 Å². The summed E-state index contributed by atoms with van der Waals surface area (Å²) in [6.45, 7) is 0.478. The minimum Gasteiger partial charge on any atom is -0.505 e. The first kappa shape index (κ1) is 18.5. The smallest absolute Gasteiger partial charge is 0.312 e. The molecule has 164 valence electrons. The Morgan fingerprint density at radius 2 is 1.75 bits per heavy atom. The van der Waals surface area contributed by atoms with Crippen molar-refractivity contribution in [2.75, 3.05) is 13.2 Å². The van der Waals surface area contributed by atoms with Gasteiger partial charge < -0.3 is 14.6 Å². The molecule has 0 aliphatic heterocycles. The third-order valence-electron chi connectivity index (χ3n) is 8.80. The average molecular weight is 431 g/mol. The molecule has 2 bridgehead atoms. The lowest BCUT2D eigenvalue weighted by atomic mass is 9.38. The Balaban J connectivity index is 0.969. The van der Waals surface area contributed by atoms with Gasteiger partial charge in [0.1, 0.15) is 41.4 Å². The van der Waals surface area contributed by atoms with E-state index in [1.165, 1.54) is 23.7 Å². The van der Waals surface area contributed by atoms with E-state index in [-0.39, 0.29) is 30.3 Å². The van der Waals surface area contributed by atoms with Crippen LogP contribution in [0.15, 0.2) is 42.5 Å². The van der Waals surface area contributed by atoms with Gasteiger partial charge in [-0.25, -0.2) is 0 Å². The summed E-state index contributed by atoms with van der Waals surface area (Å²) >= 11 is 0. The Morgan fingerprint density at radius 3 is 2.38 bits per heavy atom. The van der Waals surface area contributed by atoms with E-state index < -0.39 is 0 Å². The second kappa shape index (κ2) is 6.24. The molecule has 3 aromatic rings. The summed E-state index contributed by atoms with van der Waals surface area (Å²) in [6.07, 6.45) is 5.79. The van der Waals surface area contributed by atoms with E-state index in [0.29, 0.717) is 16.9 Å². The molecule has 0 radical (unpaired) electrons. The summed E-state index contributed by atoms with van der Waals surface area (Å²) in [5.41, 5.74) is 2.29. The zero-order valence-corrected chi connectivity index (χ0v) is 17.7. The number of ether oxygens (including phenoxy) is 2. The number of aromatic hydroxyl groups is 1. The topological polar surface area (TPSA) is 86.5 Å². The van der Waals surface area contributed by atoms with E-state index in [2.05, 4.69) is 10.2 Å². The molecule has 1 heterocycles. The van der Waals surface area contributed by atoms with Crippen molar-refractivity contribution in [2.45, 2.75) is 32.1 Å². The number of aromatic nitrogens is 3. The lowest BCUT2D eigenvalue weighted by molar-refractivity contribution is -0.181. The lowest BCUT2D eigenvalue weighted by Crippen LogP contribution is -2.59. The number of nitrogens with zero attached hydrogens (tertiary/aromatic N) is 3.